The highest BCUT2D eigenvalue weighted by atomic mass is 16.6. The molecule has 1 aliphatic rings. The topological polar surface area (TPSA) is 35.5 Å². The van der Waals surface area contributed by atoms with Crippen molar-refractivity contribution in [1.82, 2.24) is 0 Å². The molecular weight excluding hydrogens is 168 g/mol. The second-order valence-corrected chi connectivity index (χ2v) is 4.22. The van der Waals surface area contributed by atoms with E-state index in [2.05, 4.69) is 0 Å². The molecular formula is C10H16O3. The number of carbonyl (C=O) groups is 1. The van der Waals surface area contributed by atoms with Gasteiger partial charge in [0.25, 0.3) is 0 Å². The van der Waals surface area contributed by atoms with Gasteiger partial charge in [0.05, 0.1) is 0 Å². The third kappa shape index (κ3) is 2.23. The zero-order valence-electron chi connectivity index (χ0n) is 8.80. The van der Waals surface area contributed by atoms with Crippen LogP contribution in [0.3, 0.4) is 0 Å². The van der Waals surface area contributed by atoms with Crippen LogP contribution in [0, 0.1) is 0 Å². The maximum atomic E-state index is 11.5. The summed E-state index contributed by atoms with van der Waals surface area (Å²) < 4.78 is 10.7. The minimum absolute atomic E-state index is 0.0626. The van der Waals surface area contributed by atoms with Crippen LogP contribution < -0.4 is 0 Å². The van der Waals surface area contributed by atoms with Crippen LogP contribution >= 0.6 is 0 Å². The molecule has 3 nitrogen and oxygen atoms in total. The summed E-state index contributed by atoms with van der Waals surface area (Å²) >= 11 is 0. The van der Waals surface area contributed by atoms with Crippen molar-refractivity contribution in [1.29, 1.82) is 0 Å². The van der Waals surface area contributed by atoms with Crippen LogP contribution in [0.5, 0.6) is 0 Å². The maximum Gasteiger partial charge on any atom is 0.240 e. The summed E-state index contributed by atoms with van der Waals surface area (Å²) in [5, 5.41) is 0. The number of carbonyl (C=O) groups excluding carboxylic acids is 1. The molecule has 1 atom stereocenters. The first-order chi connectivity index (χ1) is 5.81. The summed E-state index contributed by atoms with van der Waals surface area (Å²) in [6.45, 7) is 9.20. The summed E-state index contributed by atoms with van der Waals surface area (Å²) in [5.74, 6) is 0.903. The van der Waals surface area contributed by atoms with Crippen LogP contribution in [0.4, 0.5) is 0 Å². The number of hydrogen-bond donors (Lipinski definition) is 0. The number of hydrogen-bond acceptors (Lipinski definition) is 3. The van der Waals surface area contributed by atoms with Crippen molar-refractivity contribution in [3.63, 3.8) is 0 Å². The monoisotopic (exact) mass is 184 g/mol. The molecule has 0 aromatic rings. The molecule has 1 aliphatic heterocycles. The molecule has 1 unspecified atom stereocenters. The van der Waals surface area contributed by atoms with E-state index in [0.29, 0.717) is 11.5 Å². The summed E-state index contributed by atoms with van der Waals surface area (Å²) in [6, 6.07) is 0. The first-order valence-electron chi connectivity index (χ1n) is 4.42. The summed E-state index contributed by atoms with van der Waals surface area (Å²) in [6.07, 6.45) is -0.391. The molecule has 1 rings (SSSR count). The Balaban J connectivity index is 2.80. The first-order valence-corrected chi connectivity index (χ1v) is 4.42. The van der Waals surface area contributed by atoms with Crippen molar-refractivity contribution in [2.24, 2.45) is 0 Å². The normalized spacial score (nSPS) is 23.5. The molecule has 0 bridgehead atoms. The molecule has 0 aliphatic carbocycles. The van der Waals surface area contributed by atoms with Crippen LogP contribution in [0.15, 0.2) is 11.5 Å². The van der Waals surface area contributed by atoms with Crippen molar-refractivity contribution in [2.45, 2.75) is 46.3 Å². The maximum absolute atomic E-state index is 11.5. The van der Waals surface area contributed by atoms with E-state index >= 15 is 0 Å². The number of ether oxygens (including phenoxy) is 2. The van der Waals surface area contributed by atoms with Gasteiger partial charge in [0.1, 0.15) is 11.4 Å². The molecule has 3 heteroatoms. The van der Waals surface area contributed by atoms with Crippen molar-refractivity contribution in [3.8, 4) is 0 Å². The smallest absolute Gasteiger partial charge is 0.240 e. The van der Waals surface area contributed by atoms with Crippen LogP contribution in [0.25, 0.3) is 0 Å². The molecule has 0 saturated heterocycles. The number of Topliss-reactive ketones (excluding diaryl/α,β-unsaturated/α-hetero) is 1. The van der Waals surface area contributed by atoms with Gasteiger partial charge in [-0.05, 0) is 34.6 Å². The average molecular weight is 184 g/mol. The largest absolute Gasteiger partial charge is 0.483 e. The third-order valence-corrected chi connectivity index (χ3v) is 1.67. The van der Waals surface area contributed by atoms with Crippen molar-refractivity contribution in [2.75, 3.05) is 0 Å². The van der Waals surface area contributed by atoms with E-state index in [1.807, 2.05) is 20.8 Å². The highest BCUT2D eigenvalue weighted by Crippen LogP contribution is 2.26. The van der Waals surface area contributed by atoms with Gasteiger partial charge in [-0.25, -0.2) is 0 Å². The quantitative estimate of drug-likeness (QED) is 0.625. The minimum Gasteiger partial charge on any atom is -0.483 e. The van der Waals surface area contributed by atoms with Crippen molar-refractivity contribution < 1.29 is 14.3 Å². The third-order valence-electron chi connectivity index (χ3n) is 1.67. The summed E-state index contributed by atoms with van der Waals surface area (Å²) in [7, 11) is 0. The lowest BCUT2D eigenvalue weighted by Gasteiger charge is -2.20. The zero-order valence-corrected chi connectivity index (χ0v) is 8.80. The van der Waals surface area contributed by atoms with Crippen molar-refractivity contribution in [3.05, 3.63) is 11.5 Å². The molecule has 0 spiro atoms. The lowest BCUT2D eigenvalue weighted by Crippen LogP contribution is -2.23. The Morgan fingerprint density at radius 1 is 1.38 bits per heavy atom. The predicted molar refractivity (Wildman–Crippen MR) is 49.1 cm³/mol. The highest BCUT2D eigenvalue weighted by molar-refractivity contribution is 5.99. The fourth-order valence-electron chi connectivity index (χ4n) is 1.16. The SMILES string of the molecule is CC1=C(OC(C)(C)C)C(=O)C(C)O1. The Labute approximate surface area is 78.7 Å². The summed E-state index contributed by atoms with van der Waals surface area (Å²) in [5.41, 5.74) is -0.348. The van der Waals surface area contributed by atoms with Gasteiger partial charge in [0.15, 0.2) is 6.10 Å². The van der Waals surface area contributed by atoms with E-state index < -0.39 is 6.10 Å². The molecule has 0 fully saturated rings. The van der Waals surface area contributed by atoms with E-state index in [4.69, 9.17) is 9.47 Å². The summed E-state index contributed by atoms with van der Waals surface area (Å²) in [4.78, 5) is 11.5. The molecule has 1 heterocycles. The minimum atomic E-state index is -0.391. The van der Waals surface area contributed by atoms with E-state index in [1.54, 1.807) is 13.8 Å². The van der Waals surface area contributed by atoms with Crippen molar-refractivity contribution >= 4 is 5.78 Å². The van der Waals surface area contributed by atoms with Crippen LogP contribution in [-0.4, -0.2) is 17.5 Å². The van der Waals surface area contributed by atoms with Gasteiger partial charge in [-0.1, -0.05) is 0 Å². The molecule has 74 valence electrons. The van der Waals surface area contributed by atoms with E-state index in [9.17, 15) is 4.79 Å². The Morgan fingerprint density at radius 2 is 1.92 bits per heavy atom. The van der Waals surface area contributed by atoms with Gasteiger partial charge >= 0.3 is 0 Å². The molecule has 13 heavy (non-hydrogen) atoms. The van der Waals surface area contributed by atoms with E-state index in [1.165, 1.54) is 0 Å². The number of ketones is 1. The molecule has 0 saturated carbocycles. The Hall–Kier alpha value is -0.990. The lowest BCUT2D eigenvalue weighted by molar-refractivity contribution is -0.124. The molecule has 0 N–H and O–H groups in total. The van der Waals surface area contributed by atoms with Crippen LogP contribution in [0.1, 0.15) is 34.6 Å². The average Bonchev–Trinajstić information content (AvgIpc) is 2.14. The lowest BCUT2D eigenvalue weighted by atomic mass is 10.1. The second-order valence-electron chi connectivity index (χ2n) is 4.22. The van der Waals surface area contributed by atoms with E-state index in [-0.39, 0.29) is 11.4 Å². The van der Waals surface area contributed by atoms with Gasteiger partial charge in [-0.15, -0.1) is 0 Å². The number of rotatable bonds is 1. The van der Waals surface area contributed by atoms with Gasteiger partial charge in [-0.2, -0.15) is 0 Å². The van der Waals surface area contributed by atoms with Gasteiger partial charge < -0.3 is 9.47 Å². The van der Waals surface area contributed by atoms with Gasteiger partial charge in [0, 0.05) is 0 Å². The Morgan fingerprint density at radius 3 is 2.23 bits per heavy atom. The molecule has 0 aromatic heterocycles. The molecule has 0 amide bonds. The van der Waals surface area contributed by atoms with Crippen LogP contribution in [0.2, 0.25) is 0 Å². The van der Waals surface area contributed by atoms with Gasteiger partial charge in [-0.3, -0.25) is 4.79 Å². The fraction of sp³-hybridized carbons (Fsp3) is 0.700. The fourth-order valence-corrected chi connectivity index (χ4v) is 1.16. The van der Waals surface area contributed by atoms with Crippen LogP contribution in [-0.2, 0) is 14.3 Å². The Bertz CT molecular complexity index is 258. The Kier molecular flexibility index (Phi) is 2.37. The molecule has 0 aromatic carbocycles. The zero-order chi connectivity index (χ0) is 10.2. The number of allylic oxidation sites excluding steroid dienone is 1. The first kappa shape index (κ1) is 10.1. The highest BCUT2D eigenvalue weighted by Gasteiger charge is 2.33. The second kappa shape index (κ2) is 3.05. The standard InChI is InChI=1S/C10H16O3/c1-6-8(11)9(7(2)12-6)13-10(3,4)5/h6H,1-5H3. The van der Waals surface area contributed by atoms with Gasteiger partial charge in [0.2, 0.25) is 11.5 Å². The predicted octanol–water partition coefficient (Wildman–Crippen LogP) is 2.02. The molecule has 0 radical (unpaired) electrons. The van der Waals surface area contributed by atoms with E-state index in [0.717, 1.165) is 0 Å².